The van der Waals surface area contributed by atoms with Gasteiger partial charge in [0.1, 0.15) is 11.4 Å². The van der Waals surface area contributed by atoms with Crippen LogP contribution in [0.2, 0.25) is 0 Å². The number of hydrogen-bond donors (Lipinski definition) is 1. The number of ether oxygens (including phenoxy) is 1. The number of hydrogen-bond acceptors (Lipinski definition) is 4. The molecule has 0 amide bonds. The van der Waals surface area contributed by atoms with Crippen LogP contribution in [0.5, 0.6) is 5.75 Å². The third-order valence-corrected chi connectivity index (χ3v) is 5.60. The second-order valence-corrected chi connectivity index (χ2v) is 8.79. The van der Waals surface area contributed by atoms with E-state index in [1.54, 1.807) is 0 Å². The van der Waals surface area contributed by atoms with Crippen molar-refractivity contribution in [2.75, 3.05) is 29.4 Å². The Labute approximate surface area is 166 Å². The van der Waals surface area contributed by atoms with E-state index in [9.17, 15) is 4.79 Å². The first-order valence-electron chi connectivity index (χ1n) is 9.92. The number of fused-ring (bicyclic) bond motifs is 1. The predicted molar refractivity (Wildman–Crippen MR) is 112 cm³/mol. The van der Waals surface area contributed by atoms with E-state index >= 15 is 0 Å². The first-order chi connectivity index (χ1) is 13.2. The highest BCUT2D eigenvalue weighted by Crippen LogP contribution is 2.43. The van der Waals surface area contributed by atoms with Gasteiger partial charge >= 0.3 is 5.97 Å². The third kappa shape index (κ3) is 3.41. The van der Waals surface area contributed by atoms with Crippen LogP contribution in [0.25, 0.3) is 0 Å². The Balaban J connectivity index is 1.66. The molecule has 0 aliphatic carbocycles. The summed E-state index contributed by atoms with van der Waals surface area (Å²) in [6, 6.07) is 14.8. The van der Waals surface area contributed by atoms with Gasteiger partial charge in [-0.05, 0) is 55.7 Å². The summed E-state index contributed by atoms with van der Waals surface area (Å²) in [5.41, 5.74) is 4.22. The summed E-state index contributed by atoms with van der Waals surface area (Å²) in [6.45, 7) is 10.5. The van der Waals surface area contributed by atoms with Gasteiger partial charge in [-0.25, -0.2) is 0 Å². The molecule has 2 heterocycles. The second kappa shape index (κ2) is 6.73. The van der Waals surface area contributed by atoms with Gasteiger partial charge in [0.2, 0.25) is 0 Å². The number of aliphatic carboxylic acids is 1. The highest BCUT2D eigenvalue weighted by molar-refractivity contribution is 5.77. The molecule has 2 aliphatic heterocycles. The number of benzene rings is 2. The van der Waals surface area contributed by atoms with Gasteiger partial charge in [-0.15, -0.1) is 0 Å². The number of anilines is 3. The number of carboxylic acid groups (broad SMARTS) is 1. The van der Waals surface area contributed by atoms with Crippen molar-refractivity contribution < 1.29 is 14.6 Å². The first-order valence-corrected chi connectivity index (χ1v) is 9.92. The van der Waals surface area contributed by atoms with Crippen LogP contribution in [0.15, 0.2) is 42.5 Å². The van der Waals surface area contributed by atoms with Crippen molar-refractivity contribution in [3.05, 3.63) is 48.0 Å². The Kier molecular flexibility index (Phi) is 4.48. The van der Waals surface area contributed by atoms with E-state index in [2.05, 4.69) is 73.9 Å². The molecule has 0 atom stereocenters. The van der Waals surface area contributed by atoms with E-state index in [-0.39, 0.29) is 11.5 Å². The van der Waals surface area contributed by atoms with Gasteiger partial charge in [-0.3, -0.25) is 4.79 Å². The van der Waals surface area contributed by atoms with Gasteiger partial charge in [-0.2, -0.15) is 0 Å². The minimum absolute atomic E-state index is 0.263. The average Bonchev–Trinajstić information content (AvgIpc) is 2.58. The lowest BCUT2D eigenvalue weighted by Gasteiger charge is -2.42. The van der Waals surface area contributed by atoms with E-state index in [4.69, 9.17) is 9.84 Å². The molecular weight excluding hydrogens is 352 g/mol. The summed E-state index contributed by atoms with van der Waals surface area (Å²) in [6.07, 6.45) is 0. The maximum atomic E-state index is 11.1. The molecule has 148 valence electrons. The quantitative estimate of drug-likeness (QED) is 0.837. The van der Waals surface area contributed by atoms with E-state index in [1.165, 1.54) is 5.56 Å². The van der Waals surface area contributed by atoms with Crippen molar-refractivity contribution in [1.82, 2.24) is 0 Å². The highest BCUT2D eigenvalue weighted by Gasteiger charge is 2.35. The molecule has 0 bridgehead atoms. The maximum absolute atomic E-state index is 11.1. The number of rotatable bonds is 4. The molecule has 0 radical (unpaired) electrons. The topological polar surface area (TPSA) is 53.0 Å². The largest absolute Gasteiger partial charge is 0.484 e. The van der Waals surface area contributed by atoms with Crippen LogP contribution >= 0.6 is 0 Å². The van der Waals surface area contributed by atoms with E-state index < -0.39 is 5.97 Å². The van der Waals surface area contributed by atoms with Crippen molar-refractivity contribution in [3.8, 4) is 5.75 Å². The molecule has 0 aromatic heterocycles. The fraction of sp³-hybridized carbons (Fsp3) is 0.435. The molecule has 1 fully saturated rings. The monoisotopic (exact) mass is 380 g/mol. The van der Waals surface area contributed by atoms with E-state index in [0.29, 0.717) is 19.0 Å². The minimum Gasteiger partial charge on any atom is -0.484 e. The smallest absolute Gasteiger partial charge is 0.310 e. The third-order valence-electron chi connectivity index (χ3n) is 5.60. The first kappa shape index (κ1) is 18.7. The predicted octanol–water partition coefficient (Wildman–Crippen LogP) is 4.64. The van der Waals surface area contributed by atoms with Crippen molar-refractivity contribution >= 4 is 23.0 Å². The van der Waals surface area contributed by atoms with Gasteiger partial charge in [0.15, 0.2) is 0 Å². The summed E-state index contributed by atoms with van der Waals surface area (Å²) in [5, 5.41) is 9.14. The molecule has 5 heteroatoms. The number of nitrogens with zero attached hydrogens (tertiary/aromatic N) is 2. The van der Waals surface area contributed by atoms with Crippen LogP contribution in [0.3, 0.4) is 0 Å². The van der Waals surface area contributed by atoms with Crippen LogP contribution in [0, 0.1) is 5.92 Å². The average molecular weight is 380 g/mol. The molecule has 28 heavy (non-hydrogen) atoms. The SMILES string of the molecule is CC(C)c1ccc2c(c1)OC(C)(C)CN2c1cccc(N2CC(C(=O)O)C2)c1. The maximum Gasteiger partial charge on any atom is 0.310 e. The minimum atomic E-state index is -0.711. The lowest BCUT2D eigenvalue weighted by Crippen LogP contribution is -2.50. The number of carbonyl (C=O) groups is 1. The molecule has 0 unspecified atom stereocenters. The molecule has 0 saturated carbocycles. The summed E-state index contributed by atoms with van der Waals surface area (Å²) < 4.78 is 6.29. The summed E-state index contributed by atoms with van der Waals surface area (Å²) in [5.74, 6) is 0.394. The normalized spacial score (nSPS) is 18.5. The standard InChI is InChI=1S/C23H28N2O3/c1-15(2)16-8-9-20-21(10-16)28-23(3,4)14-25(20)19-7-5-6-18(11-19)24-12-17(13-24)22(26)27/h5-11,15,17H,12-14H2,1-4H3,(H,26,27). The fourth-order valence-electron chi connectivity index (χ4n) is 3.92. The van der Waals surface area contributed by atoms with Gasteiger partial charge in [0.05, 0.1) is 18.2 Å². The fourth-order valence-corrected chi connectivity index (χ4v) is 3.92. The molecule has 5 nitrogen and oxygen atoms in total. The Morgan fingerprint density at radius 3 is 2.54 bits per heavy atom. The number of carboxylic acids is 1. The molecule has 1 saturated heterocycles. The lowest BCUT2D eigenvalue weighted by molar-refractivity contribution is -0.142. The molecule has 2 aromatic carbocycles. The van der Waals surface area contributed by atoms with Gasteiger partial charge in [-0.1, -0.05) is 26.0 Å². The highest BCUT2D eigenvalue weighted by atomic mass is 16.5. The van der Waals surface area contributed by atoms with Gasteiger partial charge in [0.25, 0.3) is 0 Å². The van der Waals surface area contributed by atoms with Crippen LogP contribution in [-0.2, 0) is 4.79 Å². The second-order valence-electron chi connectivity index (χ2n) is 8.79. The zero-order valence-corrected chi connectivity index (χ0v) is 17.0. The van der Waals surface area contributed by atoms with Crippen LogP contribution in [0.4, 0.5) is 17.1 Å². The Bertz CT molecular complexity index is 900. The Morgan fingerprint density at radius 2 is 1.86 bits per heavy atom. The van der Waals surface area contributed by atoms with Gasteiger partial charge < -0.3 is 19.6 Å². The van der Waals surface area contributed by atoms with Crippen molar-refractivity contribution in [3.63, 3.8) is 0 Å². The molecular formula is C23H28N2O3. The van der Waals surface area contributed by atoms with Crippen LogP contribution in [-0.4, -0.2) is 36.3 Å². The molecule has 0 spiro atoms. The summed E-state index contributed by atoms with van der Waals surface area (Å²) >= 11 is 0. The molecule has 2 aromatic rings. The molecule has 2 aliphatic rings. The van der Waals surface area contributed by atoms with Gasteiger partial charge in [0, 0.05) is 24.5 Å². The van der Waals surface area contributed by atoms with E-state index in [0.717, 1.165) is 29.4 Å². The molecule has 4 rings (SSSR count). The molecule has 1 N–H and O–H groups in total. The van der Waals surface area contributed by atoms with Crippen molar-refractivity contribution in [2.45, 2.75) is 39.2 Å². The Morgan fingerprint density at radius 1 is 1.14 bits per heavy atom. The van der Waals surface area contributed by atoms with E-state index in [1.807, 2.05) is 6.07 Å². The zero-order valence-electron chi connectivity index (χ0n) is 17.0. The van der Waals surface area contributed by atoms with Crippen molar-refractivity contribution in [1.29, 1.82) is 0 Å². The zero-order chi connectivity index (χ0) is 20.1. The summed E-state index contributed by atoms with van der Waals surface area (Å²) in [7, 11) is 0. The Hall–Kier alpha value is -2.69. The lowest BCUT2D eigenvalue weighted by atomic mass is 9.98. The van der Waals surface area contributed by atoms with Crippen molar-refractivity contribution in [2.24, 2.45) is 5.92 Å². The van der Waals surface area contributed by atoms with Crippen LogP contribution < -0.4 is 14.5 Å². The van der Waals surface area contributed by atoms with Crippen LogP contribution in [0.1, 0.15) is 39.2 Å². The summed E-state index contributed by atoms with van der Waals surface area (Å²) in [4.78, 5) is 15.5.